The molecule has 3 unspecified atom stereocenters. The van der Waals surface area contributed by atoms with Crippen LogP contribution in [0, 0.1) is 11.8 Å². The van der Waals surface area contributed by atoms with Crippen LogP contribution in [0.2, 0.25) is 0 Å². The van der Waals surface area contributed by atoms with Crippen molar-refractivity contribution in [3.63, 3.8) is 0 Å². The molecule has 1 amide bonds. The van der Waals surface area contributed by atoms with Crippen LogP contribution in [0.4, 0.5) is 17.5 Å². The Morgan fingerprint density at radius 1 is 1.13 bits per heavy atom. The maximum atomic E-state index is 12.1. The van der Waals surface area contributed by atoms with Crippen LogP contribution in [0.25, 0.3) is 0 Å². The fourth-order valence-electron chi connectivity index (χ4n) is 4.45. The van der Waals surface area contributed by atoms with Crippen molar-refractivity contribution in [2.45, 2.75) is 44.8 Å². The molecule has 0 radical (unpaired) electrons. The number of carbonyl (C=O) groups excluding carboxylic acids is 1. The second kappa shape index (κ2) is 7.83. The van der Waals surface area contributed by atoms with E-state index in [9.17, 15) is 9.90 Å². The molecular formula is C22H28N6O2. The summed E-state index contributed by atoms with van der Waals surface area (Å²) in [5.41, 5.74) is 1.06. The lowest BCUT2D eigenvalue weighted by atomic mass is 10.1. The van der Waals surface area contributed by atoms with Gasteiger partial charge in [-0.25, -0.2) is 15.0 Å². The molecule has 0 bridgehead atoms. The molecule has 5 rings (SSSR count). The molecule has 2 aliphatic heterocycles. The Labute approximate surface area is 176 Å². The van der Waals surface area contributed by atoms with Gasteiger partial charge >= 0.3 is 0 Å². The number of β-amino-alcohol motifs (C(OH)–C–C–N with tert-alkyl or cyclic N) is 1. The van der Waals surface area contributed by atoms with E-state index in [1.807, 2.05) is 6.20 Å². The van der Waals surface area contributed by atoms with E-state index in [-0.39, 0.29) is 17.9 Å². The van der Waals surface area contributed by atoms with Gasteiger partial charge < -0.3 is 20.2 Å². The molecule has 2 aromatic rings. The van der Waals surface area contributed by atoms with E-state index in [0.717, 1.165) is 37.3 Å². The van der Waals surface area contributed by atoms with Gasteiger partial charge in [0.1, 0.15) is 23.8 Å². The average molecular weight is 409 g/mol. The summed E-state index contributed by atoms with van der Waals surface area (Å²) in [5, 5.41) is 13.2. The number of aromatic nitrogens is 3. The lowest BCUT2D eigenvalue weighted by Crippen LogP contribution is -2.26. The summed E-state index contributed by atoms with van der Waals surface area (Å²) in [6, 6.07) is 5.97. The van der Waals surface area contributed by atoms with Crippen molar-refractivity contribution in [3.05, 3.63) is 36.3 Å². The zero-order valence-corrected chi connectivity index (χ0v) is 17.2. The van der Waals surface area contributed by atoms with E-state index in [0.29, 0.717) is 30.5 Å². The molecule has 30 heavy (non-hydrogen) atoms. The van der Waals surface area contributed by atoms with Gasteiger partial charge in [-0.3, -0.25) is 4.79 Å². The van der Waals surface area contributed by atoms with Gasteiger partial charge in [0.25, 0.3) is 0 Å². The van der Waals surface area contributed by atoms with Crippen molar-refractivity contribution in [1.29, 1.82) is 0 Å². The Hall–Kier alpha value is -2.74. The third kappa shape index (κ3) is 3.96. The normalized spacial score (nSPS) is 26.3. The van der Waals surface area contributed by atoms with Crippen molar-refractivity contribution in [2.75, 3.05) is 34.8 Å². The van der Waals surface area contributed by atoms with E-state index in [1.54, 1.807) is 6.07 Å². The van der Waals surface area contributed by atoms with Crippen LogP contribution in [0.1, 0.15) is 44.2 Å². The van der Waals surface area contributed by atoms with Gasteiger partial charge in [-0.1, -0.05) is 13.0 Å². The summed E-state index contributed by atoms with van der Waals surface area (Å²) >= 11 is 0. The molecule has 158 valence electrons. The Kier molecular flexibility index (Phi) is 5.02. The summed E-state index contributed by atoms with van der Waals surface area (Å²) in [5.74, 6) is 3.07. The lowest BCUT2D eigenvalue weighted by molar-refractivity contribution is -0.117. The zero-order chi connectivity index (χ0) is 20.7. The number of carbonyl (C=O) groups is 1. The molecule has 2 aromatic heterocycles. The van der Waals surface area contributed by atoms with E-state index in [1.165, 1.54) is 12.7 Å². The number of nitrogens with zero attached hydrogens (tertiary/aromatic N) is 5. The molecule has 8 heteroatoms. The largest absolute Gasteiger partial charge is 0.391 e. The topological polar surface area (TPSA) is 94.5 Å². The summed E-state index contributed by atoms with van der Waals surface area (Å²) in [4.78, 5) is 29.8. The Morgan fingerprint density at radius 2 is 2.00 bits per heavy atom. The van der Waals surface area contributed by atoms with Crippen LogP contribution in [0.15, 0.2) is 30.7 Å². The van der Waals surface area contributed by atoms with Gasteiger partial charge in [0.05, 0.1) is 12.1 Å². The smallest absolute Gasteiger partial charge is 0.228 e. The quantitative estimate of drug-likeness (QED) is 0.784. The summed E-state index contributed by atoms with van der Waals surface area (Å²) in [7, 11) is 0. The Bertz CT molecular complexity index is 916. The van der Waals surface area contributed by atoms with Gasteiger partial charge in [-0.15, -0.1) is 0 Å². The first-order chi connectivity index (χ1) is 14.6. The Morgan fingerprint density at radius 3 is 2.70 bits per heavy atom. The fourth-order valence-corrected chi connectivity index (χ4v) is 4.45. The molecule has 3 fully saturated rings. The first kappa shape index (κ1) is 19.2. The van der Waals surface area contributed by atoms with Gasteiger partial charge in [0.15, 0.2) is 0 Å². The zero-order valence-electron chi connectivity index (χ0n) is 17.2. The minimum atomic E-state index is -0.437. The highest BCUT2D eigenvalue weighted by atomic mass is 16.3. The van der Waals surface area contributed by atoms with Gasteiger partial charge in [0, 0.05) is 37.8 Å². The second-order valence-electron chi connectivity index (χ2n) is 8.87. The van der Waals surface area contributed by atoms with Crippen molar-refractivity contribution >= 4 is 23.4 Å². The minimum Gasteiger partial charge on any atom is -0.391 e. The lowest BCUT2D eigenvalue weighted by Gasteiger charge is -2.26. The highest BCUT2D eigenvalue weighted by Gasteiger charge is 2.34. The first-order valence-electron chi connectivity index (χ1n) is 10.9. The number of hydrogen-bond donors (Lipinski definition) is 2. The Balaban J connectivity index is 1.34. The van der Waals surface area contributed by atoms with Crippen LogP contribution < -0.4 is 15.1 Å². The van der Waals surface area contributed by atoms with Crippen LogP contribution in [-0.4, -0.2) is 51.7 Å². The van der Waals surface area contributed by atoms with Crippen LogP contribution >= 0.6 is 0 Å². The van der Waals surface area contributed by atoms with Crippen molar-refractivity contribution in [3.8, 4) is 0 Å². The summed E-state index contributed by atoms with van der Waals surface area (Å²) in [6.07, 6.45) is 6.68. The predicted octanol–water partition coefficient (Wildman–Crippen LogP) is 2.38. The molecule has 3 aliphatic rings. The fraction of sp³-hybridized carbons (Fsp3) is 0.545. The molecule has 2 N–H and O–H groups in total. The molecule has 3 atom stereocenters. The predicted molar refractivity (Wildman–Crippen MR) is 114 cm³/mol. The summed E-state index contributed by atoms with van der Waals surface area (Å²) < 4.78 is 0. The number of amides is 1. The highest BCUT2D eigenvalue weighted by Crippen LogP contribution is 2.36. The maximum absolute atomic E-state index is 12.1. The number of nitrogens with one attached hydrogen (secondary N) is 1. The van der Waals surface area contributed by atoms with Crippen LogP contribution in [0.5, 0.6) is 0 Å². The van der Waals surface area contributed by atoms with E-state index >= 15 is 0 Å². The molecule has 0 aromatic carbocycles. The second-order valence-corrected chi connectivity index (χ2v) is 8.87. The van der Waals surface area contributed by atoms with E-state index in [4.69, 9.17) is 4.98 Å². The number of rotatable bonds is 5. The average Bonchev–Trinajstić information content (AvgIpc) is 3.41. The molecule has 4 heterocycles. The number of anilines is 3. The SMILES string of the molecule is CC1CCN(c2ccc(C3CC(O)CN3c3cc(NC(=O)C4CC4)ncn3)cn2)C1. The molecule has 8 nitrogen and oxygen atoms in total. The minimum absolute atomic E-state index is 0.0130. The molecule has 1 saturated carbocycles. The van der Waals surface area contributed by atoms with Crippen LogP contribution in [-0.2, 0) is 4.79 Å². The number of aliphatic hydroxyl groups is 1. The summed E-state index contributed by atoms with van der Waals surface area (Å²) in [6.45, 7) is 4.87. The maximum Gasteiger partial charge on any atom is 0.228 e. The first-order valence-corrected chi connectivity index (χ1v) is 10.9. The number of pyridine rings is 1. The van der Waals surface area contributed by atoms with Crippen molar-refractivity contribution < 1.29 is 9.90 Å². The van der Waals surface area contributed by atoms with Crippen molar-refractivity contribution in [1.82, 2.24) is 15.0 Å². The van der Waals surface area contributed by atoms with Crippen LogP contribution in [0.3, 0.4) is 0 Å². The third-order valence-electron chi connectivity index (χ3n) is 6.33. The number of hydrogen-bond acceptors (Lipinski definition) is 7. The molecular weight excluding hydrogens is 380 g/mol. The molecule has 0 spiro atoms. The third-order valence-corrected chi connectivity index (χ3v) is 6.33. The molecule has 2 saturated heterocycles. The molecule has 1 aliphatic carbocycles. The standard InChI is InChI=1S/C22H28N6O2/c1-14-6-7-27(11-14)20-5-4-16(10-23-20)18-8-17(29)12-28(18)21-9-19(24-13-25-21)26-22(30)15-2-3-15/h4-5,9-10,13-15,17-18,29H,2-3,6-8,11-12H2,1H3,(H,24,25,26,30). The van der Waals surface area contributed by atoms with E-state index in [2.05, 4.69) is 44.1 Å². The van der Waals surface area contributed by atoms with Crippen molar-refractivity contribution in [2.24, 2.45) is 11.8 Å². The van der Waals surface area contributed by atoms with Gasteiger partial charge in [-0.2, -0.15) is 0 Å². The van der Waals surface area contributed by atoms with Gasteiger partial charge in [0.2, 0.25) is 5.91 Å². The number of aliphatic hydroxyl groups excluding tert-OH is 1. The van der Waals surface area contributed by atoms with E-state index < -0.39 is 6.10 Å². The van der Waals surface area contributed by atoms with Gasteiger partial charge in [-0.05, 0) is 43.2 Å². The monoisotopic (exact) mass is 408 g/mol. The highest BCUT2D eigenvalue weighted by molar-refractivity contribution is 5.93.